The lowest BCUT2D eigenvalue weighted by Crippen LogP contribution is -2.41. The van der Waals surface area contributed by atoms with Gasteiger partial charge in [-0.15, -0.1) is 11.3 Å². The highest BCUT2D eigenvalue weighted by atomic mass is 32.2. The molecule has 0 bridgehead atoms. The molecule has 18 heavy (non-hydrogen) atoms. The van der Waals surface area contributed by atoms with Gasteiger partial charge >= 0.3 is 0 Å². The van der Waals surface area contributed by atoms with E-state index in [1.165, 1.54) is 22.6 Å². The summed E-state index contributed by atoms with van der Waals surface area (Å²) in [5.74, 6) is 1.21. The summed E-state index contributed by atoms with van der Waals surface area (Å²) in [6.07, 6.45) is 3.38. The minimum Gasteiger partial charge on any atom is -0.326 e. The molecule has 2 nitrogen and oxygen atoms in total. The molecule has 0 radical (unpaired) electrons. The summed E-state index contributed by atoms with van der Waals surface area (Å²) in [5.41, 5.74) is 7.59. The van der Waals surface area contributed by atoms with Gasteiger partial charge in [0, 0.05) is 17.0 Å². The number of nitrogens with zero attached hydrogens (tertiary/aromatic N) is 1. The molecule has 0 saturated heterocycles. The Morgan fingerprint density at radius 2 is 2.11 bits per heavy atom. The zero-order valence-corrected chi connectivity index (χ0v) is 13.8. The summed E-state index contributed by atoms with van der Waals surface area (Å²) >= 11 is 3.74. The predicted octanol–water partition coefficient (Wildman–Crippen LogP) is 3.52. The maximum atomic E-state index is 6.22. The molecular weight excluding hydrogens is 260 g/mol. The standard InChI is InChI=1S/C14H26N2S2/c1-10-6-9-18-14(10)13(12(3)15)16(4)11(2)7-8-17-5/h6,9,11-13H,7-8,15H2,1-5H3. The molecule has 0 saturated carbocycles. The highest BCUT2D eigenvalue weighted by Gasteiger charge is 2.26. The average molecular weight is 287 g/mol. The molecule has 0 aliphatic carbocycles. The molecule has 0 amide bonds. The third kappa shape index (κ3) is 3.98. The Morgan fingerprint density at radius 3 is 2.56 bits per heavy atom. The molecule has 1 rings (SSSR count). The van der Waals surface area contributed by atoms with Gasteiger partial charge in [0.05, 0.1) is 6.04 Å². The lowest BCUT2D eigenvalue weighted by Gasteiger charge is -2.35. The van der Waals surface area contributed by atoms with E-state index < -0.39 is 0 Å². The van der Waals surface area contributed by atoms with Gasteiger partial charge in [0.25, 0.3) is 0 Å². The van der Waals surface area contributed by atoms with E-state index in [1.807, 2.05) is 23.1 Å². The van der Waals surface area contributed by atoms with E-state index in [1.54, 1.807) is 0 Å². The Bertz CT molecular complexity index is 349. The third-order valence-corrected chi connectivity index (χ3v) is 5.28. The van der Waals surface area contributed by atoms with Gasteiger partial charge in [0.1, 0.15) is 0 Å². The second-order valence-electron chi connectivity index (χ2n) is 5.07. The van der Waals surface area contributed by atoms with E-state index in [-0.39, 0.29) is 6.04 Å². The Labute approximate surface area is 120 Å². The molecule has 0 aromatic carbocycles. The normalized spacial score (nSPS) is 16.8. The van der Waals surface area contributed by atoms with Crippen molar-refractivity contribution in [3.8, 4) is 0 Å². The minimum absolute atomic E-state index is 0.157. The predicted molar refractivity (Wildman–Crippen MR) is 85.7 cm³/mol. The van der Waals surface area contributed by atoms with Gasteiger partial charge in [-0.05, 0) is 63.3 Å². The molecule has 0 aliphatic rings. The van der Waals surface area contributed by atoms with Crippen molar-refractivity contribution in [2.45, 2.75) is 45.3 Å². The molecule has 1 heterocycles. The molecule has 0 aliphatic heterocycles. The molecule has 1 aromatic rings. The summed E-state index contributed by atoms with van der Waals surface area (Å²) in [5, 5.41) is 2.17. The van der Waals surface area contributed by atoms with Crippen LogP contribution in [-0.4, -0.2) is 36.0 Å². The first-order valence-electron chi connectivity index (χ1n) is 6.49. The molecule has 3 atom stereocenters. The monoisotopic (exact) mass is 286 g/mol. The van der Waals surface area contributed by atoms with Crippen LogP contribution in [0.25, 0.3) is 0 Å². The van der Waals surface area contributed by atoms with Crippen molar-refractivity contribution < 1.29 is 0 Å². The second kappa shape index (κ2) is 7.53. The largest absolute Gasteiger partial charge is 0.326 e. The second-order valence-corrected chi connectivity index (χ2v) is 7.00. The Hall–Kier alpha value is -0.0300. The number of likely N-dealkylation sites (N-methyl/N-ethyl adjacent to an activating group) is 1. The summed E-state index contributed by atoms with van der Waals surface area (Å²) in [6.45, 7) is 6.60. The third-order valence-electron chi connectivity index (χ3n) is 3.54. The lowest BCUT2D eigenvalue weighted by molar-refractivity contribution is 0.164. The Morgan fingerprint density at radius 1 is 1.44 bits per heavy atom. The number of aryl methyl sites for hydroxylation is 1. The highest BCUT2D eigenvalue weighted by molar-refractivity contribution is 7.98. The van der Waals surface area contributed by atoms with Gasteiger partial charge < -0.3 is 5.73 Å². The maximum Gasteiger partial charge on any atom is 0.0593 e. The molecule has 2 N–H and O–H groups in total. The zero-order chi connectivity index (χ0) is 13.7. The van der Waals surface area contributed by atoms with Gasteiger partial charge in [0.2, 0.25) is 0 Å². The van der Waals surface area contributed by atoms with E-state index in [0.717, 1.165) is 0 Å². The van der Waals surface area contributed by atoms with E-state index in [2.05, 4.69) is 50.4 Å². The summed E-state index contributed by atoms with van der Waals surface area (Å²) in [4.78, 5) is 3.86. The van der Waals surface area contributed by atoms with Gasteiger partial charge in [-0.1, -0.05) is 0 Å². The summed E-state index contributed by atoms with van der Waals surface area (Å²) < 4.78 is 0. The van der Waals surface area contributed by atoms with Crippen LogP contribution in [0.15, 0.2) is 11.4 Å². The number of nitrogens with two attached hydrogens (primary N) is 1. The van der Waals surface area contributed by atoms with Crippen molar-refractivity contribution in [2.75, 3.05) is 19.1 Å². The van der Waals surface area contributed by atoms with Gasteiger partial charge in [-0.25, -0.2) is 0 Å². The van der Waals surface area contributed by atoms with Crippen molar-refractivity contribution in [1.29, 1.82) is 0 Å². The molecule has 3 unspecified atom stereocenters. The SMILES string of the molecule is CSCCC(C)N(C)C(c1sccc1C)C(C)N. The summed E-state index contributed by atoms with van der Waals surface area (Å²) in [6, 6.07) is 3.25. The van der Waals surface area contributed by atoms with Crippen LogP contribution < -0.4 is 5.73 Å². The smallest absolute Gasteiger partial charge is 0.0593 e. The fraction of sp³-hybridized carbons (Fsp3) is 0.714. The van der Waals surface area contributed by atoms with Crippen LogP contribution in [0.4, 0.5) is 0 Å². The van der Waals surface area contributed by atoms with Crippen LogP contribution in [0.3, 0.4) is 0 Å². The molecular formula is C14H26N2S2. The molecule has 104 valence electrons. The first kappa shape index (κ1) is 16.0. The van der Waals surface area contributed by atoms with E-state index in [4.69, 9.17) is 5.73 Å². The minimum atomic E-state index is 0.157. The van der Waals surface area contributed by atoms with E-state index >= 15 is 0 Å². The fourth-order valence-corrected chi connectivity index (χ4v) is 4.02. The Balaban J connectivity index is 2.82. The molecule has 0 spiro atoms. The highest BCUT2D eigenvalue weighted by Crippen LogP contribution is 2.31. The van der Waals surface area contributed by atoms with Crippen LogP contribution in [0.5, 0.6) is 0 Å². The maximum absolute atomic E-state index is 6.22. The molecule has 0 fully saturated rings. The van der Waals surface area contributed by atoms with Gasteiger partial charge in [-0.2, -0.15) is 11.8 Å². The van der Waals surface area contributed by atoms with E-state index in [9.17, 15) is 0 Å². The van der Waals surface area contributed by atoms with Crippen LogP contribution in [0.2, 0.25) is 0 Å². The molecule has 1 aromatic heterocycles. The first-order valence-corrected chi connectivity index (χ1v) is 8.76. The quantitative estimate of drug-likeness (QED) is 0.831. The van der Waals surface area contributed by atoms with Crippen LogP contribution in [0.1, 0.15) is 36.8 Å². The van der Waals surface area contributed by atoms with Gasteiger partial charge in [0.15, 0.2) is 0 Å². The summed E-state index contributed by atoms with van der Waals surface area (Å²) in [7, 11) is 2.21. The van der Waals surface area contributed by atoms with Crippen LogP contribution in [0, 0.1) is 6.92 Å². The van der Waals surface area contributed by atoms with Crippen molar-refractivity contribution >= 4 is 23.1 Å². The number of hydrogen-bond donors (Lipinski definition) is 1. The van der Waals surface area contributed by atoms with Crippen molar-refractivity contribution in [1.82, 2.24) is 4.90 Å². The number of rotatable bonds is 7. The molecule has 4 heteroatoms. The van der Waals surface area contributed by atoms with Gasteiger partial charge in [-0.3, -0.25) is 4.90 Å². The fourth-order valence-electron chi connectivity index (χ4n) is 2.25. The Kier molecular flexibility index (Phi) is 6.71. The average Bonchev–Trinajstić information content (AvgIpc) is 2.72. The lowest BCUT2D eigenvalue weighted by atomic mass is 10.0. The number of thiophene rings is 1. The van der Waals surface area contributed by atoms with Crippen molar-refractivity contribution in [3.05, 3.63) is 21.9 Å². The van der Waals surface area contributed by atoms with E-state index in [0.29, 0.717) is 12.1 Å². The van der Waals surface area contributed by atoms with Crippen LogP contribution >= 0.6 is 23.1 Å². The van der Waals surface area contributed by atoms with Crippen molar-refractivity contribution in [2.24, 2.45) is 5.73 Å². The first-order chi connectivity index (χ1) is 8.49. The van der Waals surface area contributed by atoms with Crippen molar-refractivity contribution in [3.63, 3.8) is 0 Å². The number of thioether (sulfide) groups is 1. The number of hydrogen-bond acceptors (Lipinski definition) is 4. The van der Waals surface area contributed by atoms with Crippen LogP contribution in [-0.2, 0) is 0 Å². The zero-order valence-electron chi connectivity index (χ0n) is 12.1. The topological polar surface area (TPSA) is 29.3 Å².